The van der Waals surface area contributed by atoms with Crippen molar-refractivity contribution in [3.8, 4) is 5.75 Å². The van der Waals surface area contributed by atoms with Crippen LogP contribution in [0.4, 0.5) is 0 Å². The fraction of sp³-hybridized carbons (Fsp3) is 0.231. The van der Waals surface area contributed by atoms with Crippen LogP contribution in [0.25, 0.3) is 0 Å². The van der Waals surface area contributed by atoms with Crippen LogP contribution in [0, 0.1) is 0 Å². The first-order valence-electron chi connectivity index (χ1n) is 11.0. The van der Waals surface area contributed by atoms with Gasteiger partial charge >= 0.3 is 5.97 Å². The minimum absolute atomic E-state index is 0.0196. The van der Waals surface area contributed by atoms with Crippen LogP contribution in [0.1, 0.15) is 47.5 Å². The Labute approximate surface area is 207 Å². The third-order valence-electron chi connectivity index (χ3n) is 5.43. The maximum Gasteiger partial charge on any atom is 0.344 e. The zero-order valence-electron chi connectivity index (χ0n) is 19.0. The molecule has 2 heterocycles. The number of rotatable bonds is 9. The molecule has 35 heavy (non-hydrogen) atoms. The summed E-state index contributed by atoms with van der Waals surface area (Å²) in [5.74, 6) is -0.193. The van der Waals surface area contributed by atoms with Crippen molar-refractivity contribution >= 4 is 35.0 Å². The average Bonchev–Trinajstić information content (AvgIpc) is 3.57. The van der Waals surface area contributed by atoms with Gasteiger partial charge in [-0.1, -0.05) is 30.7 Å². The highest BCUT2D eigenvalue weighted by Gasteiger charge is 2.35. The van der Waals surface area contributed by atoms with E-state index >= 15 is 0 Å². The number of furan rings is 1. The van der Waals surface area contributed by atoms with E-state index in [0.29, 0.717) is 40.6 Å². The Kier molecular flexibility index (Phi) is 7.62. The van der Waals surface area contributed by atoms with Crippen LogP contribution in [-0.2, 0) is 14.3 Å². The molecule has 1 aromatic heterocycles. The van der Waals surface area contributed by atoms with E-state index < -0.39 is 24.5 Å². The van der Waals surface area contributed by atoms with Crippen molar-refractivity contribution in [2.45, 2.75) is 25.8 Å². The largest absolute Gasteiger partial charge is 0.482 e. The Morgan fingerprint density at radius 2 is 1.80 bits per heavy atom. The van der Waals surface area contributed by atoms with Crippen LogP contribution in [0.5, 0.6) is 5.75 Å². The van der Waals surface area contributed by atoms with E-state index in [-0.39, 0.29) is 12.4 Å². The Hall–Kier alpha value is -3.91. The molecule has 1 aliphatic rings. The van der Waals surface area contributed by atoms with E-state index in [0.717, 1.165) is 5.56 Å². The van der Waals surface area contributed by atoms with Crippen LogP contribution in [0.3, 0.4) is 0 Å². The van der Waals surface area contributed by atoms with Crippen molar-refractivity contribution in [1.82, 2.24) is 5.01 Å². The van der Waals surface area contributed by atoms with Crippen molar-refractivity contribution in [2.75, 3.05) is 13.2 Å². The molecule has 0 bridgehead atoms. The van der Waals surface area contributed by atoms with Gasteiger partial charge in [0.25, 0.3) is 5.91 Å². The summed E-state index contributed by atoms with van der Waals surface area (Å²) in [5.41, 5.74) is 2.10. The molecule has 0 saturated heterocycles. The molecule has 1 aliphatic heterocycles. The zero-order chi connectivity index (χ0) is 24.8. The Bertz CT molecular complexity index is 1220. The molecule has 3 aromatic rings. The second-order valence-electron chi connectivity index (χ2n) is 7.78. The number of amides is 1. The SMILES string of the molecule is CCC(=O)c1ccc(OCC(=O)OCC(=O)N2N=C(c3ccc(Cl)cc3)CC2c2ccco2)cc1. The topological polar surface area (TPSA) is 98.4 Å². The smallest absolute Gasteiger partial charge is 0.344 e. The summed E-state index contributed by atoms with van der Waals surface area (Å²) in [6.07, 6.45) is 2.37. The molecule has 1 unspecified atom stereocenters. The van der Waals surface area contributed by atoms with Crippen molar-refractivity contribution in [3.63, 3.8) is 0 Å². The van der Waals surface area contributed by atoms with Gasteiger partial charge in [-0.15, -0.1) is 0 Å². The summed E-state index contributed by atoms with van der Waals surface area (Å²) < 4.78 is 16.0. The first-order chi connectivity index (χ1) is 16.9. The second-order valence-corrected chi connectivity index (χ2v) is 8.21. The molecule has 4 rings (SSSR count). The summed E-state index contributed by atoms with van der Waals surface area (Å²) in [7, 11) is 0. The van der Waals surface area contributed by atoms with Gasteiger partial charge in [-0.05, 0) is 54.1 Å². The van der Waals surface area contributed by atoms with Gasteiger partial charge in [-0.2, -0.15) is 5.10 Å². The Morgan fingerprint density at radius 3 is 2.46 bits per heavy atom. The van der Waals surface area contributed by atoms with Gasteiger partial charge in [0.1, 0.15) is 17.6 Å². The minimum atomic E-state index is -0.706. The number of esters is 1. The van der Waals surface area contributed by atoms with Gasteiger partial charge in [-0.3, -0.25) is 9.59 Å². The summed E-state index contributed by atoms with van der Waals surface area (Å²) >= 11 is 5.98. The molecule has 9 heteroatoms. The first kappa shape index (κ1) is 24.2. The minimum Gasteiger partial charge on any atom is -0.482 e. The highest BCUT2D eigenvalue weighted by Crippen LogP contribution is 2.33. The van der Waals surface area contributed by atoms with Crippen molar-refractivity contribution < 1.29 is 28.3 Å². The van der Waals surface area contributed by atoms with Crippen LogP contribution in [-0.4, -0.2) is 41.6 Å². The first-order valence-corrected chi connectivity index (χ1v) is 11.4. The van der Waals surface area contributed by atoms with Crippen LogP contribution in [0.15, 0.2) is 76.4 Å². The number of carbonyl (C=O) groups is 3. The summed E-state index contributed by atoms with van der Waals surface area (Å²) in [6.45, 7) is 0.906. The van der Waals surface area contributed by atoms with Crippen LogP contribution >= 0.6 is 11.6 Å². The molecule has 0 fully saturated rings. The Balaban J connectivity index is 1.35. The number of hydrogen-bond donors (Lipinski definition) is 0. The second kappa shape index (κ2) is 11.0. The maximum absolute atomic E-state index is 12.9. The molecular formula is C26H23ClN2O6. The standard InChI is InChI=1S/C26H23ClN2O6/c1-2-23(30)18-7-11-20(12-8-18)34-16-26(32)35-15-25(31)29-22(24-4-3-13-33-24)14-21(28-29)17-5-9-19(27)10-6-17/h3-13,22H,2,14-16H2,1H3. The predicted octanol–water partition coefficient (Wildman–Crippen LogP) is 4.83. The van der Waals surface area contributed by atoms with Gasteiger partial charge in [0, 0.05) is 23.4 Å². The van der Waals surface area contributed by atoms with E-state index in [2.05, 4.69) is 5.10 Å². The normalized spacial score (nSPS) is 15.0. The van der Waals surface area contributed by atoms with Crippen molar-refractivity contribution in [2.24, 2.45) is 5.10 Å². The van der Waals surface area contributed by atoms with E-state index in [1.165, 1.54) is 11.3 Å². The number of hydrazone groups is 1. The van der Waals surface area contributed by atoms with E-state index in [4.69, 9.17) is 25.5 Å². The van der Waals surface area contributed by atoms with Crippen LogP contribution in [0.2, 0.25) is 5.02 Å². The lowest BCUT2D eigenvalue weighted by atomic mass is 10.0. The maximum atomic E-state index is 12.9. The highest BCUT2D eigenvalue weighted by molar-refractivity contribution is 6.30. The van der Waals surface area contributed by atoms with Crippen molar-refractivity contribution in [1.29, 1.82) is 0 Å². The third kappa shape index (κ3) is 5.96. The fourth-order valence-corrected chi connectivity index (χ4v) is 3.72. The number of ether oxygens (including phenoxy) is 2. The highest BCUT2D eigenvalue weighted by atomic mass is 35.5. The van der Waals surface area contributed by atoms with Gasteiger partial charge in [-0.25, -0.2) is 9.80 Å². The molecule has 2 aromatic carbocycles. The molecule has 0 radical (unpaired) electrons. The van der Waals surface area contributed by atoms with Crippen molar-refractivity contribution in [3.05, 3.63) is 88.8 Å². The monoisotopic (exact) mass is 494 g/mol. The van der Waals surface area contributed by atoms with E-state index in [1.807, 2.05) is 12.1 Å². The number of nitrogens with zero attached hydrogens (tertiary/aromatic N) is 2. The molecule has 0 spiro atoms. The van der Waals surface area contributed by atoms with E-state index in [1.54, 1.807) is 55.5 Å². The number of ketones is 1. The molecule has 0 aliphatic carbocycles. The molecule has 0 N–H and O–H groups in total. The number of carbonyl (C=O) groups excluding carboxylic acids is 3. The fourth-order valence-electron chi connectivity index (χ4n) is 3.59. The number of hydrogen-bond acceptors (Lipinski definition) is 7. The number of Topliss-reactive ketones (excluding diaryl/α,β-unsaturated/α-hetero) is 1. The van der Waals surface area contributed by atoms with Gasteiger partial charge < -0.3 is 13.9 Å². The summed E-state index contributed by atoms with van der Waals surface area (Å²) in [6, 6.07) is 16.7. The summed E-state index contributed by atoms with van der Waals surface area (Å²) in [4.78, 5) is 36.7. The third-order valence-corrected chi connectivity index (χ3v) is 5.68. The van der Waals surface area contributed by atoms with Gasteiger partial charge in [0.15, 0.2) is 19.0 Å². The molecular weight excluding hydrogens is 472 g/mol. The number of halogens is 1. The summed E-state index contributed by atoms with van der Waals surface area (Å²) in [5, 5.41) is 6.35. The molecule has 1 atom stereocenters. The van der Waals surface area contributed by atoms with Crippen LogP contribution < -0.4 is 4.74 Å². The number of benzene rings is 2. The van der Waals surface area contributed by atoms with E-state index in [9.17, 15) is 14.4 Å². The predicted molar refractivity (Wildman–Crippen MR) is 128 cm³/mol. The lowest BCUT2D eigenvalue weighted by Crippen LogP contribution is -2.32. The zero-order valence-corrected chi connectivity index (χ0v) is 19.7. The molecule has 0 saturated carbocycles. The van der Waals surface area contributed by atoms with Gasteiger partial charge in [0.05, 0.1) is 12.0 Å². The van der Waals surface area contributed by atoms with Gasteiger partial charge in [0.2, 0.25) is 0 Å². The molecule has 180 valence electrons. The molecule has 8 nitrogen and oxygen atoms in total. The lowest BCUT2D eigenvalue weighted by molar-refractivity contribution is -0.154. The molecule has 1 amide bonds. The Morgan fingerprint density at radius 1 is 1.06 bits per heavy atom. The quantitative estimate of drug-likeness (QED) is 0.312. The lowest BCUT2D eigenvalue weighted by Gasteiger charge is -2.19. The average molecular weight is 495 g/mol.